The number of unbranched alkanes of at least 4 members (excludes halogenated alkanes) is 23. The number of aliphatic hydroxyl groups excluding tert-OH is 1. The van der Waals surface area contributed by atoms with Crippen molar-refractivity contribution in [3.63, 3.8) is 0 Å². The van der Waals surface area contributed by atoms with Crippen LogP contribution >= 0.6 is 0 Å². The minimum Gasteiger partial charge on any atom is -0.385 e. The van der Waals surface area contributed by atoms with Crippen LogP contribution in [0.5, 0.6) is 0 Å². The predicted octanol–water partition coefficient (Wildman–Crippen LogP) is 9.40. The van der Waals surface area contributed by atoms with Gasteiger partial charge in [-0.15, -0.1) is 0 Å². The summed E-state index contributed by atoms with van der Waals surface area (Å²) in [7, 11) is 0. The maximum absolute atomic E-state index is 13.4. The highest BCUT2D eigenvalue weighted by Crippen LogP contribution is 2.37. The summed E-state index contributed by atoms with van der Waals surface area (Å²) in [6.45, 7) is 4.45. The summed E-state index contributed by atoms with van der Waals surface area (Å²) in [6.07, 6.45) is 30.4. The third kappa shape index (κ3) is 15.9. The molecule has 1 fully saturated rings. The second-order valence-corrected chi connectivity index (χ2v) is 14.4. The van der Waals surface area contributed by atoms with Gasteiger partial charge in [-0.2, -0.15) is 0 Å². The summed E-state index contributed by atoms with van der Waals surface area (Å²) in [4.78, 5) is 52.1. The van der Waals surface area contributed by atoms with Crippen molar-refractivity contribution in [2.45, 2.75) is 224 Å². The molecule has 1 aliphatic carbocycles. The monoisotopic (exact) mass is 677 g/mol. The van der Waals surface area contributed by atoms with E-state index in [0.717, 1.165) is 57.8 Å². The Labute approximate surface area is 293 Å². The molecule has 7 heteroatoms. The Hall–Kier alpha value is -1.70. The minimum atomic E-state index is -3.26. The van der Waals surface area contributed by atoms with E-state index < -0.39 is 40.4 Å². The Morgan fingerprint density at radius 3 is 1.42 bits per heavy atom. The van der Waals surface area contributed by atoms with Crippen LogP contribution in [0.2, 0.25) is 0 Å². The fourth-order valence-corrected chi connectivity index (χ4v) is 6.93. The molecule has 3 N–H and O–H groups in total. The lowest BCUT2D eigenvalue weighted by atomic mass is 9.71. The Kier molecular flexibility index (Phi) is 25.0. The standard InChI is InChI=1S/C41H72O7/c1-3-5-7-9-11-13-15-17-18-20-21-23-25-27-29-31-35(42)39(46)41(48,40(47)37(44)33-34-38(40)45)36(43)32-30-28-26-24-22-19-16-14-12-10-8-6-4-2/h14,16,35,42,47-48H,3-13,15,17-34H2,1-2H3. The Bertz CT molecular complexity index is 910. The largest absolute Gasteiger partial charge is 0.385 e. The molecule has 0 aromatic carbocycles. The third-order valence-corrected chi connectivity index (χ3v) is 10.2. The molecular formula is C41H72O7. The molecule has 0 heterocycles. The van der Waals surface area contributed by atoms with Gasteiger partial charge < -0.3 is 15.3 Å². The first kappa shape index (κ1) is 44.3. The van der Waals surface area contributed by atoms with Gasteiger partial charge in [0.05, 0.1) is 0 Å². The molecule has 7 nitrogen and oxygen atoms in total. The highest BCUT2D eigenvalue weighted by Gasteiger charge is 2.69. The lowest BCUT2D eigenvalue weighted by Gasteiger charge is -2.37. The van der Waals surface area contributed by atoms with Crippen molar-refractivity contribution < 1.29 is 34.5 Å². The molecule has 0 spiro atoms. The molecule has 0 aliphatic heterocycles. The first-order valence-electron chi connectivity index (χ1n) is 20.1. The summed E-state index contributed by atoms with van der Waals surface area (Å²) >= 11 is 0. The number of ketones is 4. The second kappa shape index (κ2) is 27.1. The van der Waals surface area contributed by atoms with Gasteiger partial charge in [-0.1, -0.05) is 161 Å². The number of aliphatic hydroxyl groups is 3. The molecule has 2 atom stereocenters. The number of carbonyl (C=O) groups excluding carboxylic acids is 4. The van der Waals surface area contributed by atoms with Crippen LogP contribution in [0.15, 0.2) is 12.2 Å². The number of carbonyl (C=O) groups is 4. The van der Waals surface area contributed by atoms with E-state index in [1.807, 2.05) is 0 Å². The van der Waals surface area contributed by atoms with Gasteiger partial charge in [-0.05, 0) is 38.5 Å². The van der Waals surface area contributed by atoms with Crippen LogP contribution in [0, 0.1) is 0 Å². The Morgan fingerprint density at radius 1 is 0.625 bits per heavy atom. The molecule has 0 aromatic heterocycles. The lowest BCUT2D eigenvalue weighted by molar-refractivity contribution is -0.190. The van der Waals surface area contributed by atoms with Gasteiger partial charge in [-0.25, -0.2) is 0 Å². The summed E-state index contributed by atoms with van der Waals surface area (Å²) in [5.74, 6) is -4.45. The summed E-state index contributed by atoms with van der Waals surface area (Å²) in [5.41, 5.74) is -6.38. The summed E-state index contributed by atoms with van der Waals surface area (Å²) in [5, 5.41) is 33.3. The van der Waals surface area contributed by atoms with Gasteiger partial charge in [0, 0.05) is 19.3 Å². The van der Waals surface area contributed by atoms with Gasteiger partial charge in [0.15, 0.2) is 17.3 Å². The van der Waals surface area contributed by atoms with Gasteiger partial charge in [0.1, 0.15) is 6.10 Å². The van der Waals surface area contributed by atoms with Crippen LogP contribution in [0.1, 0.15) is 206 Å². The molecule has 1 saturated carbocycles. The summed E-state index contributed by atoms with van der Waals surface area (Å²) in [6, 6.07) is 0. The smallest absolute Gasteiger partial charge is 0.227 e. The third-order valence-electron chi connectivity index (χ3n) is 10.2. The lowest BCUT2D eigenvalue weighted by Crippen LogP contribution is -2.71. The first-order chi connectivity index (χ1) is 23.2. The zero-order valence-corrected chi connectivity index (χ0v) is 30.9. The normalized spacial score (nSPS) is 16.5. The minimum absolute atomic E-state index is 0.00166. The van der Waals surface area contributed by atoms with E-state index in [0.29, 0.717) is 19.3 Å². The Balaban J connectivity index is 2.43. The average molecular weight is 677 g/mol. The molecule has 48 heavy (non-hydrogen) atoms. The van der Waals surface area contributed by atoms with Crippen LogP contribution in [-0.4, -0.2) is 55.8 Å². The van der Waals surface area contributed by atoms with E-state index in [-0.39, 0.29) is 25.7 Å². The van der Waals surface area contributed by atoms with E-state index in [9.17, 15) is 34.5 Å². The summed E-state index contributed by atoms with van der Waals surface area (Å²) < 4.78 is 0. The molecule has 2 unspecified atom stereocenters. The highest BCUT2D eigenvalue weighted by atomic mass is 16.4. The van der Waals surface area contributed by atoms with E-state index in [1.165, 1.54) is 89.9 Å². The van der Waals surface area contributed by atoms with Gasteiger partial charge in [-0.3, -0.25) is 19.2 Å². The van der Waals surface area contributed by atoms with Crippen LogP contribution in [0.25, 0.3) is 0 Å². The van der Waals surface area contributed by atoms with Crippen molar-refractivity contribution >= 4 is 23.1 Å². The molecule has 1 aliphatic rings. The van der Waals surface area contributed by atoms with E-state index in [4.69, 9.17) is 0 Å². The molecule has 278 valence electrons. The average Bonchev–Trinajstić information content (AvgIpc) is 3.35. The van der Waals surface area contributed by atoms with Gasteiger partial charge >= 0.3 is 0 Å². The molecule has 0 radical (unpaired) electrons. The fraction of sp³-hybridized carbons (Fsp3) is 0.854. The van der Waals surface area contributed by atoms with Gasteiger partial charge in [0.2, 0.25) is 17.0 Å². The zero-order chi connectivity index (χ0) is 35.5. The number of allylic oxidation sites excluding steroid dienone is 2. The van der Waals surface area contributed by atoms with Gasteiger partial charge in [0.25, 0.3) is 0 Å². The molecular weight excluding hydrogens is 604 g/mol. The fourth-order valence-electron chi connectivity index (χ4n) is 6.93. The van der Waals surface area contributed by atoms with E-state index >= 15 is 0 Å². The molecule has 0 aromatic rings. The van der Waals surface area contributed by atoms with E-state index in [1.54, 1.807) is 0 Å². The van der Waals surface area contributed by atoms with Crippen molar-refractivity contribution in [1.82, 2.24) is 0 Å². The van der Waals surface area contributed by atoms with Crippen LogP contribution < -0.4 is 0 Å². The van der Waals surface area contributed by atoms with Crippen LogP contribution in [-0.2, 0) is 19.2 Å². The maximum Gasteiger partial charge on any atom is 0.227 e. The number of Topliss-reactive ketones (excluding diaryl/α,β-unsaturated/α-hetero) is 4. The molecule has 0 amide bonds. The first-order valence-corrected chi connectivity index (χ1v) is 20.1. The zero-order valence-electron chi connectivity index (χ0n) is 30.9. The maximum atomic E-state index is 13.4. The van der Waals surface area contributed by atoms with Crippen LogP contribution in [0.3, 0.4) is 0 Å². The van der Waals surface area contributed by atoms with Crippen molar-refractivity contribution in [3.8, 4) is 0 Å². The van der Waals surface area contributed by atoms with Crippen molar-refractivity contribution in [2.24, 2.45) is 0 Å². The SMILES string of the molecule is CCCCCCC=CCCCCCCCC(=O)C(O)(C(=O)C(O)CCCCCCCCCCCCCCCCC)C1(O)C(=O)CCC1=O. The topological polar surface area (TPSA) is 129 Å². The quantitative estimate of drug-likeness (QED) is 0.0359. The number of hydrogen-bond acceptors (Lipinski definition) is 7. The Morgan fingerprint density at radius 2 is 0.979 bits per heavy atom. The highest BCUT2D eigenvalue weighted by molar-refractivity contribution is 6.28. The van der Waals surface area contributed by atoms with Crippen molar-refractivity contribution in [2.75, 3.05) is 0 Å². The molecule has 0 saturated heterocycles. The van der Waals surface area contributed by atoms with Crippen molar-refractivity contribution in [3.05, 3.63) is 12.2 Å². The molecule has 0 bridgehead atoms. The number of rotatable bonds is 33. The van der Waals surface area contributed by atoms with Crippen molar-refractivity contribution in [1.29, 1.82) is 0 Å². The predicted molar refractivity (Wildman–Crippen MR) is 195 cm³/mol. The van der Waals surface area contributed by atoms with Crippen LogP contribution in [0.4, 0.5) is 0 Å². The van der Waals surface area contributed by atoms with E-state index in [2.05, 4.69) is 26.0 Å². The molecule has 1 rings (SSSR count). The second-order valence-electron chi connectivity index (χ2n) is 14.4. The number of hydrogen-bond donors (Lipinski definition) is 3.